The molecule has 0 atom stereocenters. The average Bonchev–Trinajstić information content (AvgIpc) is 3.60. The van der Waals surface area contributed by atoms with Crippen LogP contribution in [-0.4, -0.2) is 68.5 Å². The van der Waals surface area contributed by atoms with Gasteiger partial charge in [-0.1, -0.05) is 43.2 Å². The molecule has 0 radical (unpaired) electrons. The third-order valence-corrected chi connectivity index (χ3v) is 8.42. The zero-order valence-corrected chi connectivity index (χ0v) is 22.5. The molecule has 3 aromatic heterocycles. The fourth-order valence-electron chi connectivity index (χ4n) is 5.24. The van der Waals surface area contributed by atoms with E-state index in [9.17, 15) is 4.39 Å². The highest BCUT2D eigenvalue weighted by Crippen LogP contribution is 2.33. The van der Waals surface area contributed by atoms with E-state index in [-0.39, 0.29) is 5.69 Å². The average molecular weight is 533 g/mol. The second kappa shape index (κ2) is 11.3. The number of anilines is 3. The number of nitrogens with one attached hydrogen (secondary N) is 2. The number of aromatic nitrogens is 4. The first-order valence-electron chi connectivity index (χ1n) is 13.5. The number of fused-ring (bicyclic) bond motifs is 1. The minimum absolute atomic E-state index is 0.256. The zero-order chi connectivity index (χ0) is 25.9. The van der Waals surface area contributed by atoms with Crippen molar-refractivity contribution in [1.82, 2.24) is 29.7 Å². The van der Waals surface area contributed by atoms with Crippen molar-refractivity contribution >= 4 is 38.5 Å². The highest BCUT2D eigenvalue weighted by molar-refractivity contribution is 7.22. The Bertz CT molecular complexity index is 1380. The fraction of sp³-hybridized carbons (Fsp3) is 0.429. The lowest BCUT2D eigenvalue weighted by molar-refractivity contribution is 0.132. The van der Waals surface area contributed by atoms with E-state index in [0.29, 0.717) is 23.4 Å². The summed E-state index contributed by atoms with van der Waals surface area (Å²) >= 11 is 1.60. The van der Waals surface area contributed by atoms with Gasteiger partial charge in [0.2, 0.25) is 5.95 Å². The minimum Gasteiger partial charge on any atom is -0.359 e. The lowest BCUT2D eigenvalue weighted by Crippen LogP contribution is -2.45. The molecular weight excluding hydrogens is 499 g/mol. The van der Waals surface area contributed by atoms with Crippen LogP contribution in [0.1, 0.15) is 38.2 Å². The molecule has 10 heteroatoms. The van der Waals surface area contributed by atoms with Crippen molar-refractivity contribution in [1.29, 1.82) is 0 Å². The number of likely N-dealkylation sites (N-methyl/N-ethyl adjacent to an activating group) is 1. The maximum absolute atomic E-state index is 14.8. The number of nitrogens with zero attached hydrogens (tertiary/aromatic N) is 6. The Kier molecular flexibility index (Phi) is 7.44. The van der Waals surface area contributed by atoms with Crippen LogP contribution >= 0.6 is 11.3 Å². The van der Waals surface area contributed by atoms with Gasteiger partial charge in [-0.2, -0.15) is 0 Å². The van der Waals surface area contributed by atoms with Gasteiger partial charge in [-0.15, -0.1) is 0 Å². The lowest BCUT2D eigenvalue weighted by Gasteiger charge is -2.33. The molecule has 38 heavy (non-hydrogen) atoms. The molecule has 2 N–H and O–H groups in total. The summed E-state index contributed by atoms with van der Waals surface area (Å²) in [5.74, 6) is 0.475. The summed E-state index contributed by atoms with van der Waals surface area (Å²) in [6.45, 7) is 8.59. The Morgan fingerprint density at radius 3 is 2.55 bits per heavy atom. The minimum atomic E-state index is -0.463. The second-order valence-electron chi connectivity index (χ2n) is 10.1. The predicted octanol–water partition coefficient (Wildman–Crippen LogP) is 5.52. The molecular formula is C28H33FN8S. The van der Waals surface area contributed by atoms with E-state index in [0.717, 1.165) is 54.6 Å². The maximum Gasteiger partial charge on any atom is 0.229 e. The molecule has 0 bridgehead atoms. The van der Waals surface area contributed by atoms with Gasteiger partial charge in [0.05, 0.1) is 16.4 Å². The molecule has 1 saturated heterocycles. The third kappa shape index (κ3) is 5.77. The summed E-state index contributed by atoms with van der Waals surface area (Å²) in [4.78, 5) is 22.8. The van der Waals surface area contributed by atoms with Crippen LogP contribution in [0.3, 0.4) is 0 Å². The summed E-state index contributed by atoms with van der Waals surface area (Å²) in [5.41, 5.74) is 3.03. The summed E-state index contributed by atoms with van der Waals surface area (Å²) < 4.78 is 15.8. The van der Waals surface area contributed by atoms with E-state index >= 15 is 0 Å². The van der Waals surface area contributed by atoms with Gasteiger partial charge in [-0.25, -0.2) is 24.3 Å². The molecule has 1 aliphatic carbocycles. The number of rotatable bonds is 8. The van der Waals surface area contributed by atoms with Crippen molar-refractivity contribution in [2.24, 2.45) is 0 Å². The number of hydrogen-bond acceptors (Lipinski definition) is 9. The first-order chi connectivity index (χ1) is 18.6. The molecule has 4 aromatic rings. The van der Waals surface area contributed by atoms with Crippen molar-refractivity contribution in [3.63, 3.8) is 0 Å². The number of piperazine rings is 1. The lowest BCUT2D eigenvalue weighted by atomic mass is 10.1. The van der Waals surface area contributed by atoms with Crippen LogP contribution in [0.25, 0.3) is 21.5 Å². The summed E-state index contributed by atoms with van der Waals surface area (Å²) in [7, 11) is 0. The van der Waals surface area contributed by atoms with Crippen molar-refractivity contribution < 1.29 is 4.39 Å². The van der Waals surface area contributed by atoms with Gasteiger partial charge in [0, 0.05) is 50.5 Å². The normalized spacial score (nSPS) is 17.3. The van der Waals surface area contributed by atoms with Crippen LogP contribution in [0.2, 0.25) is 0 Å². The highest BCUT2D eigenvalue weighted by Gasteiger charge is 2.18. The molecule has 4 heterocycles. The van der Waals surface area contributed by atoms with Crippen molar-refractivity contribution in [3.05, 3.63) is 54.1 Å². The van der Waals surface area contributed by atoms with Gasteiger partial charge in [-0.05, 0) is 43.1 Å². The van der Waals surface area contributed by atoms with Crippen molar-refractivity contribution in [2.45, 2.75) is 45.2 Å². The number of halogens is 1. The molecule has 1 aliphatic heterocycles. The number of benzene rings is 1. The summed E-state index contributed by atoms with van der Waals surface area (Å²) in [5, 5.41) is 7.60. The second-order valence-corrected chi connectivity index (χ2v) is 11.1. The maximum atomic E-state index is 14.8. The molecule has 1 saturated carbocycles. The van der Waals surface area contributed by atoms with Gasteiger partial charge >= 0.3 is 0 Å². The van der Waals surface area contributed by atoms with E-state index in [4.69, 9.17) is 4.98 Å². The van der Waals surface area contributed by atoms with Gasteiger partial charge in [-0.3, -0.25) is 4.90 Å². The van der Waals surface area contributed by atoms with E-state index in [2.05, 4.69) is 48.4 Å². The van der Waals surface area contributed by atoms with Crippen LogP contribution < -0.4 is 10.6 Å². The molecule has 0 spiro atoms. The molecule has 2 aliphatic rings. The monoisotopic (exact) mass is 532 g/mol. The molecule has 1 aromatic carbocycles. The van der Waals surface area contributed by atoms with Crippen molar-refractivity contribution in [3.8, 4) is 11.3 Å². The first-order valence-corrected chi connectivity index (χ1v) is 14.3. The van der Waals surface area contributed by atoms with E-state index < -0.39 is 5.82 Å². The Labute approximate surface area is 226 Å². The Morgan fingerprint density at radius 2 is 1.79 bits per heavy atom. The number of hydrogen-bond donors (Lipinski definition) is 2. The number of thiazole rings is 1. The Morgan fingerprint density at radius 1 is 0.974 bits per heavy atom. The van der Waals surface area contributed by atoms with Crippen molar-refractivity contribution in [2.75, 3.05) is 43.4 Å². The van der Waals surface area contributed by atoms with Gasteiger partial charge in [0.25, 0.3) is 0 Å². The molecule has 8 nitrogen and oxygen atoms in total. The Balaban J connectivity index is 1.13. The van der Waals surface area contributed by atoms with E-state index in [1.165, 1.54) is 37.4 Å². The molecule has 6 rings (SSSR count). The molecule has 198 valence electrons. The largest absolute Gasteiger partial charge is 0.359 e. The summed E-state index contributed by atoms with van der Waals surface area (Å²) in [6, 6.07) is 10.2. The van der Waals surface area contributed by atoms with Gasteiger partial charge < -0.3 is 15.5 Å². The fourth-order valence-corrected chi connectivity index (χ4v) is 6.22. The van der Waals surface area contributed by atoms with Crippen LogP contribution in [-0.2, 0) is 6.54 Å². The van der Waals surface area contributed by atoms with E-state index in [1.54, 1.807) is 11.3 Å². The van der Waals surface area contributed by atoms with Crippen LogP contribution in [0, 0.1) is 5.82 Å². The molecule has 0 unspecified atom stereocenters. The summed E-state index contributed by atoms with van der Waals surface area (Å²) in [6.07, 6.45) is 8.01. The third-order valence-electron chi connectivity index (χ3n) is 7.47. The van der Waals surface area contributed by atoms with Crippen LogP contribution in [0.15, 0.2) is 42.7 Å². The first kappa shape index (κ1) is 25.1. The van der Waals surface area contributed by atoms with Crippen LogP contribution in [0.4, 0.5) is 21.3 Å². The highest BCUT2D eigenvalue weighted by atomic mass is 32.1. The SMILES string of the molecule is CCN1CCN(Cc2ccc(Nc3ncc(F)c(-c4ccc5nc(NC6CCCC6)sc5c4)n3)nc2)CC1. The molecule has 2 fully saturated rings. The van der Waals surface area contributed by atoms with Gasteiger partial charge in [0.1, 0.15) is 11.5 Å². The van der Waals surface area contributed by atoms with E-state index in [1.807, 2.05) is 30.5 Å². The zero-order valence-electron chi connectivity index (χ0n) is 21.7. The standard InChI is InChI=1S/C28H33FN8S/c1-2-36-11-13-37(14-12-36)18-19-7-10-25(30-16-19)34-27-31-17-22(29)26(35-27)20-8-9-23-24(15-20)38-28(33-23)32-21-5-3-4-6-21/h7-10,15-17,21H,2-6,11-14,18H2,1H3,(H,32,33)(H,30,31,34,35). The Hall–Kier alpha value is -3.21. The predicted molar refractivity (Wildman–Crippen MR) is 151 cm³/mol. The topological polar surface area (TPSA) is 82.1 Å². The quantitative estimate of drug-likeness (QED) is 0.307. The molecule has 0 amide bonds. The smallest absolute Gasteiger partial charge is 0.229 e. The van der Waals surface area contributed by atoms with Gasteiger partial charge in [0.15, 0.2) is 10.9 Å². The van der Waals surface area contributed by atoms with Crippen LogP contribution in [0.5, 0.6) is 0 Å². The number of pyridine rings is 1.